The Kier molecular flexibility index (Phi) is 3.28. The van der Waals surface area contributed by atoms with E-state index in [1.165, 1.54) is 0 Å². The minimum atomic E-state index is 0.0741. The van der Waals surface area contributed by atoms with Gasteiger partial charge in [-0.2, -0.15) is 0 Å². The number of nitrogens with zero attached hydrogens (tertiary/aromatic N) is 2. The van der Waals surface area contributed by atoms with E-state index in [0.29, 0.717) is 17.7 Å². The number of amides is 1. The predicted octanol–water partition coefficient (Wildman–Crippen LogP) is 1.72. The van der Waals surface area contributed by atoms with Crippen LogP contribution in [0.4, 0.5) is 0 Å². The Labute approximate surface area is 107 Å². The van der Waals surface area contributed by atoms with Gasteiger partial charge in [0.1, 0.15) is 5.69 Å². The monoisotopic (exact) mass is 246 g/mol. The van der Waals surface area contributed by atoms with Crippen molar-refractivity contribution in [1.82, 2.24) is 9.88 Å². The normalized spacial score (nSPS) is 23.0. The molecule has 1 aromatic heterocycles. The maximum absolute atomic E-state index is 12.4. The van der Waals surface area contributed by atoms with Crippen molar-refractivity contribution in [2.75, 3.05) is 19.8 Å². The smallest absolute Gasteiger partial charge is 0.272 e. The number of hydrogen-bond acceptors (Lipinski definition) is 3. The van der Waals surface area contributed by atoms with Crippen LogP contribution < -0.4 is 0 Å². The summed E-state index contributed by atoms with van der Waals surface area (Å²) in [5.41, 5.74) is 0.559. The molecule has 2 fully saturated rings. The molecule has 0 spiro atoms. The molecule has 18 heavy (non-hydrogen) atoms. The molecule has 1 saturated heterocycles. The van der Waals surface area contributed by atoms with E-state index in [-0.39, 0.29) is 5.91 Å². The lowest BCUT2D eigenvalue weighted by atomic mass is 10.1. The molecule has 0 radical (unpaired) electrons. The first-order valence-electron chi connectivity index (χ1n) is 6.64. The SMILES string of the molecule is O=C(c1ccccn1)N(CC1CCOC1)C1CC1. The zero-order valence-electron chi connectivity index (χ0n) is 10.4. The Morgan fingerprint density at radius 1 is 1.39 bits per heavy atom. The summed E-state index contributed by atoms with van der Waals surface area (Å²) in [5, 5.41) is 0. The molecule has 0 aromatic carbocycles. The van der Waals surface area contributed by atoms with Crippen molar-refractivity contribution in [1.29, 1.82) is 0 Å². The molecule has 1 amide bonds. The van der Waals surface area contributed by atoms with Crippen molar-refractivity contribution >= 4 is 5.91 Å². The topological polar surface area (TPSA) is 42.4 Å². The molecule has 0 bridgehead atoms. The number of carbonyl (C=O) groups excluding carboxylic acids is 1. The first-order chi connectivity index (χ1) is 8.84. The van der Waals surface area contributed by atoms with Crippen LogP contribution in [0.2, 0.25) is 0 Å². The zero-order valence-corrected chi connectivity index (χ0v) is 10.4. The quantitative estimate of drug-likeness (QED) is 0.812. The second-order valence-electron chi connectivity index (χ2n) is 5.13. The van der Waals surface area contributed by atoms with Crippen LogP contribution in [-0.4, -0.2) is 41.6 Å². The fourth-order valence-corrected chi connectivity index (χ4v) is 2.43. The molecule has 1 aliphatic carbocycles. The predicted molar refractivity (Wildman–Crippen MR) is 67.2 cm³/mol. The Morgan fingerprint density at radius 2 is 2.28 bits per heavy atom. The number of carbonyl (C=O) groups is 1. The van der Waals surface area contributed by atoms with Crippen molar-refractivity contribution < 1.29 is 9.53 Å². The van der Waals surface area contributed by atoms with Gasteiger partial charge in [0.05, 0.1) is 6.61 Å². The van der Waals surface area contributed by atoms with Gasteiger partial charge in [-0.05, 0) is 31.4 Å². The van der Waals surface area contributed by atoms with E-state index in [0.717, 1.165) is 39.0 Å². The fourth-order valence-electron chi connectivity index (χ4n) is 2.43. The van der Waals surface area contributed by atoms with Gasteiger partial charge in [0.15, 0.2) is 0 Å². The molecule has 4 nitrogen and oxygen atoms in total. The minimum Gasteiger partial charge on any atom is -0.381 e. The summed E-state index contributed by atoms with van der Waals surface area (Å²) in [7, 11) is 0. The van der Waals surface area contributed by atoms with Gasteiger partial charge in [0.25, 0.3) is 5.91 Å². The van der Waals surface area contributed by atoms with Crippen LogP contribution in [0.5, 0.6) is 0 Å². The van der Waals surface area contributed by atoms with E-state index in [9.17, 15) is 4.79 Å². The highest BCUT2D eigenvalue weighted by molar-refractivity contribution is 5.92. The van der Waals surface area contributed by atoms with Crippen LogP contribution in [0.1, 0.15) is 29.8 Å². The number of pyridine rings is 1. The lowest BCUT2D eigenvalue weighted by Crippen LogP contribution is -2.37. The van der Waals surface area contributed by atoms with Crippen molar-refractivity contribution in [3.8, 4) is 0 Å². The van der Waals surface area contributed by atoms with E-state index >= 15 is 0 Å². The van der Waals surface area contributed by atoms with Gasteiger partial charge in [0.2, 0.25) is 0 Å². The second-order valence-corrected chi connectivity index (χ2v) is 5.13. The first-order valence-corrected chi connectivity index (χ1v) is 6.64. The zero-order chi connectivity index (χ0) is 12.4. The average molecular weight is 246 g/mol. The van der Waals surface area contributed by atoms with Crippen molar-refractivity contribution in [3.63, 3.8) is 0 Å². The molecular weight excluding hydrogens is 228 g/mol. The Morgan fingerprint density at radius 3 is 2.89 bits per heavy atom. The van der Waals surface area contributed by atoms with Crippen LogP contribution in [0.3, 0.4) is 0 Å². The summed E-state index contributed by atoms with van der Waals surface area (Å²) in [5.74, 6) is 0.572. The summed E-state index contributed by atoms with van der Waals surface area (Å²) < 4.78 is 5.39. The second kappa shape index (κ2) is 5.06. The van der Waals surface area contributed by atoms with Crippen molar-refractivity contribution in [2.45, 2.75) is 25.3 Å². The highest BCUT2D eigenvalue weighted by Gasteiger charge is 2.35. The third-order valence-electron chi connectivity index (χ3n) is 3.61. The third-order valence-corrected chi connectivity index (χ3v) is 3.61. The van der Waals surface area contributed by atoms with Crippen LogP contribution in [0.25, 0.3) is 0 Å². The number of ether oxygens (including phenoxy) is 1. The molecule has 0 N–H and O–H groups in total. The van der Waals surface area contributed by atoms with Gasteiger partial charge < -0.3 is 9.64 Å². The van der Waals surface area contributed by atoms with Crippen molar-refractivity contribution in [2.24, 2.45) is 5.92 Å². The van der Waals surface area contributed by atoms with Crippen LogP contribution in [0, 0.1) is 5.92 Å². The van der Waals surface area contributed by atoms with Gasteiger partial charge in [-0.1, -0.05) is 6.07 Å². The van der Waals surface area contributed by atoms with Gasteiger partial charge in [-0.3, -0.25) is 9.78 Å². The summed E-state index contributed by atoms with van der Waals surface area (Å²) in [6.07, 6.45) is 5.01. The number of aromatic nitrogens is 1. The molecule has 1 atom stereocenters. The Balaban J connectivity index is 1.71. The van der Waals surface area contributed by atoms with Gasteiger partial charge in [-0.25, -0.2) is 0 Å². The lowest BCUT2D eigenvalue weighted by molar-refractivity contribution is 0.0700. The van der Waals surface area contributed by atoms with E-state index in [2.05, 4.69) is 4.98 Å². The summed E-state index contributed by atoms with van der Waals surface area (Å²) in [6, 6.07) is 5.93. The average Bonchev–Trinajstić information content (AvgIpc) is 3.13. The summed E-state index contributed by atoms with van der Waals surface area (Å²) >= 11 is 0. The largest absolute Gasteiger partial charge is 0.381 e. The maximum Gasteiger partial charge on any atom is 0.272 e. The van der Waals surface area contributed by atoms with Crippen LogP contribution in [-0.2, 0) is 4.74 Å². The highest BCUT2D eigenvalue weighted by atomic mass is 16.5. The van der Waals surface area contributed by atoms with Gasteiger partial charge in [-0.15, -0.1) is 0 Å². The first kappa shape index (κ1) is 11.7. The summed E-state index contributed by atoms with van der Waals surface area (Å²) in [4.78, 5) is 18.6. The molecule has 2 aliphatic rings. The molecule has 1 aliphatic heterocycles. The number of hydrogen-bond donors (Lipinski definition) is 0. The standard InChI is InChI=1S/C14H18N2O2/c17-14(13-3-1-2-7-15-13)16(12-4-5-12)9-11-6-8-18-10-11/h1-3,7,11-12H,4-6,8-10H2. The molecule has 4 heteroatoms. The lowest BCUT2D eigenvalue weighted by Gasteiger charge is -2.24. The molecular formula is C14H18N2O2. The molecule has 96 valence electrons. The molecule has 3 rings (SSSR count). The van der Waals surface area contributed by atoms with E-state index < -0.39 is 0 Å². The molecule has 2 heterocycles. The molecule has 1 unspecified atom stereocenters. The van der Waals surface area contributed by atoms with E-state index in [4.69, 9.17) is 4.74 Å². The van der Waals surface area contributed by atoms with E-state index in [1.807, 2.05) is 17.0 Å². The van der Waals surface area contributed by atoms with Gasteiger partial charge in [0, 0.05) is 31.3 Å². The third kappa shape index (κ3) is 2.53. The maximum atomic E-state index is 12.4. The Bertz CT molecular complexity index is 411. The van der Waals surface area contributed by atoms with Gasteiger partial charge >= 0.3 is 0 Å². The summed E-state index contributed by atoms with van der Waals surface area (Å²) in [6.45, 7) is 2.44. The van der Waals surface area contributed by atoms with Crippen molar-refractivity contribution in [3.05, 3.63) is 30.1 Å². The molecule has 1 aromatic rings. The fraction of sp³-hybridized carbons (Fsp3) is 0.571. The van der Waals surface area contributed by atoms with Crippen LogP contribution in [0.15, 0.2) is 24.4 Å². The number of rotatable bonds is 4. The minimum absolute atomic E-state index is 0.0741. The highest BCUT2D eigenvalue weighted by Crippen LogP contribution is 2.30. The van der Waals surface area contributed by atoms with E-state index in [1.54, 1.807) is 12.3 Å². The Hall–Kier alpha value is -1.42. The van der Waals surface area contributed by atoms with Crippen LogP contribution >= 0.6 is 0 Å². The molecule has 1 saturated carbocycles.